The van der Waals surface area contributed by atoms with E-state index in [9.17, 15) is 14.0 Å². The number of carbonyl (C=O) groups excluding carboxylic acids is 2. The van der Waals surface area contributed by atoms with Gasteiger partial charge in [0.05, 0.1) is 37.4 Å². The van der Waals surface area contributed by atoms with Gasteiger partial charge >= 0.3 is 5.97 Å². The molecule has 0 radical (unpaired) electrons. The Hall–Kier alpha value is -3.68. The summed E-state index contributed by atoms with van der Waals surface area (Å²) in [6, 6.07) is 10.1. The summed E-state index contributed by atoms with van der Waals surface area (Å²) in [5, 5.41) is 7.33. The number of halogens is 1. The van der Waals surface area contributed by atoms with Crippen molar-refractivity contribution in [3.8, 4) is 16.9 Å². The summed E-state index contributed by atoms with van der Waals surface area (Å²) < 4.78 is 26.7. The maximum atomic E-state index is 14.7. The van der Waals surface area contributed by atoms with Crippen molar-refractivity contribution in [3.05, 3.63) is 65.7 Å². The fourth-order valence-electron chi connectivity index (χ4n) is 4.49. The topological polar surface area (TPSA) is 82.4 Å². The summed E-state index contributed by atoms with van der Waals surface area (Å²) in [4.78, 5) is 25.8. The quantitative estimate of drug-likeness (QED) is 0.505. The summed E-state index contributed by atoms with van der Waals surface area (Å²) in [6.07, 6.45) is 8.18. The first-order valence-corrected chi connectivity index (χ1v) is 11.4. The molecule has 3 aromatic rings. The Morgan fingerprint density at radius 2 is 1.94 bits per heavy atom. The van der Waals surface area contributed by atoms with Crippen LogP contribution in [-0.4, -0.2) is 35.9 Å². The zero-order chi connectivity index (χ0) is 23.9. The van der Waals surface area contributed by atoms with Gasteiger partial charge in [-0.1, -0.05) is 12.1 Å². The second-order valence-electron chi connectivity index (χ2n) is 8.93. The highest BCUT2D eigenvalue weighted by Gasteiger charge is 2.52. The number of hydrogen-bond donors (Lipinski definition) is 1. The molecule has 1 heterocycles. The van der Waals surface area contributed by atoms with E-state index in [2.05, 4.69) is 10.4 Å². The number of ether oxygens (including phenoxy) is 2. The third kappa shape index (κ3) is 3.83. The Morgan fingerprint density at radius 1 is 1.15 bits per heavy atom. The Balaban J connectivity index is 1.41. The van der Waals surface area contributed by atoms with E-state index in [1.807, 2.05) is 10.9 Å². The number of benzene rings is 2. The summed E-state index contributed by atoms with van der Waals surface area (Å²) >= 11 is 0. The number of aromatic nitrogens is 2. The molecule has 0 unspecified atom stereocenters. The number of nitrogens with zero attached hydrogens (tertiary/aromatic N) is 2. The highest BCUT2D eigenvalue weighted by molar-refractivity contribution is 6.04. The van der Waals surface area contributed by atoms with Crippen molar-refractivity contribution in [1.82, 2.24) is 9.78 Å². The summed E-state index contributed by atoms with van der Waals surface area (Å²) in [5.41, 5.74) is 1.68. The van der Waals surface area contributed by atoms with Crippen molar-refractivity contribution >= 4 is 17.6 Å². The lowest BCUT2D eigenvalue weighted by Crippen LogP contribution is -2.28. The number of anilines is 1. The Bertz CT molecular complexity index is 1260. The van der Waals surface area contributed by atoms with Gasteiger partial charge < -0.3 is 14.8 Å². The molecule has 2 aliphatic rings. The van der Waals surface area contributed by atoms with E-state index < -0.39 is 17.2 Å². The molecule has 5 rings (SSSR count). The van der Waals surface area contributed by atoms with Crippen molar-refractivity contribution in [2.45, 2.75) is 43.6 Å². The molecular weight excluding hydrogens is 437 g/mol. The van der Waals surface area contributed by atoms with Crippen LogP contribution in [0.1, 0.15) is 54.1 Å². The van der Waals surface area contributed by atoms with Crippen LogP contribution in [-0.2, 0) is 14.9 Å². The first-order valence-electron chi connectivity index (χ1n) is 11.4. The van der Waals surface area contributed by atoms with E-state index in [0.29, 0.717) is 47.0 Å². The van der Waals surface area contributed by atoms with Crippen LogP contribution in [0.2, 0.25) is 0 Å². The van der Waals surface area contributed by atoms with Crippen molar-refractivity contribution in [2.75, 3.05) is 19.5 Å². The van der Waals surface area contributed by atoms with E-state index in [0.717, 1.165) is 18.4 Å². The molecule has 0 atom stereocenters. The van der Waals surface area contributed by atoms with Crippen molar-refractivity contribution in [2.24, 2.45) is 0 Å². The molecule has 0 bridgehead atoms. The molecule has 7 nitrogen and oxygen atoms in total. The van der Waals surface area contributed by atoms with Gasteiger partial charge in [-0.3, -0.25) is 9.48 Å². The molecule has 34 heavy (non-hydrogen) atoms. The van der Waals surface area contributed by atoms with Crippen LogP contribution in [0.25, 0.3) is 11.1 Å². The van der Waals surface area contributed by atoms with Crippen LogP contribution in [0.3, 0.4) is 0 Å². The Kier molecular flexibility index (Phi) is 5.59. The fourth-order valence-corrected chi connectivity index (χ4v) is 4.49. The molecule has 2 aliphatic carbocycles. The molecule has 0 spiro atoms. The number of hydrogen-bond acceptors (Lipinski definition) is 5. The Labute approximate surface area is 196 Å². The van der Waals surface area contributed by atoms with Crippen molar-refractivity contribution in [1.29, 1.82) is 0 Å². The van der Waals surface area contributed by atoms with E-state index in [1.54, 1.807) is 36.5 Å². The van der Waals surface area contributed by atoms with Gasteiger partial charge in [0.25, 0.3) is 0 Å². The first-order chi connectivity index (χ1) is 16.4. The van der Waals surface area contributed by atoms with Crippen LogP contribution < -0.4 is 10.1 Å². The molecule has 0 saturated heterocycles. The molecule has 2 aromatic carbocycles. The zero-order valence-corrected chi connectivity index (χ0v) is 19.1. The number of nitrogens with one attached hydrogen (secondary N) is 1. The lowest BCUT2D eigenvalue weighted by atomic mass is 9.93. The van der Waals surface area contributed by atoms with Crippen LogP contribution in [0, 0.1) is 5.82 Å². The standard InChI is InChI=1S/C26H26FN3O4/c1-33-19-7-9-22(23(27)13-19)26(10-11-26)25(32)29-17-6-8-20(21(12-17)24(31)34-2)16-14-28-30(15-16)18-4-3-5-18/h6-9,12-15,18H,3-5,10-11H2,1-2H3,(H,29,32). The number of esters is 1. The van der Waals surface area contributed by atoms with Gasteiger partial charge in [-0.25, -0.2) is 9.18 Å². The maximum absolute atomic E-state index is 14.7. The monoisotopic (exact) mass is 463 g/mol. The minimum atomic E-state index is -0.926. The normalized spacial score (nSPS) is 16.4. The van der Waals surface area contributed by atoms with Crippen LogP contribution in [0.4, 0.5) is 10.1 Å². The smallest absolute Gasteiger partial charge is 0.338 e. The highest BCUT2D eigenvalue weighted by Crippen LogP contribution is 2.50. The number of rotatable bonds is 7. The van der Waals surface area contributed by atoms with E-state index in [1.165, 1.54) is 26.7 Å². The second-order valence-corrected chi connectivity index (χ2v) is 8.93. The molecule has 1 N–H and O–H groups in total. The van der Waals surface area contributed by atoms with Gasteiger partial charge in [0.2, 0.25) is 5.91 Å². The lowest BCUT2D eigenvalue weighted by molar-refractivity contribution is -0.118. The van der Waals surface area contributed by atoms with Gasteiger partial charge in [-0.15, -0.1) is 0 Å². The van der Waals surface area contributed by atoms with E-state index >= 15 is 0 Å². The van der Waals surface area contributed by atoms with Crippen LogP contribution >= 0.6 is 0 Å². The predicted octanol–water partition coefficient (Wildman–Crippen LogP) is 4.88. The molecule has 8 heteroatoms. The number of amides is 1. The largest absolute Gasteiger partial charge is 0.497 e. The molecule has 176 valence electrons. The minimum absolute atomic E-state index is 0.307. The third-order valence-electron chi connectivity index (χ3n) is 6.92. The average molecular weight is 464 g/mol. The lowest BCUT2D eigenvalue weighted by Gasteiger charge is -2.25. The van der Waals surface area contributed by atoms with Crippen LogP contribution in [0.15, 0.2) is 48.8 Å². The predicted molar refractivity (Wildman–Crippen MR) is 124 cm³/mol. The molecule has 1 amide bonds. The molecule has 1 aromatic heterocycles. The number of methoxy groups -OCH3 is 2. The van der Waals surface area contributed by atoms with Gasteiger partial charge in [0, 0.05) is 29.1 Å². The summed E-state index contributed by atoms with van der Waals surface area (Å²) in [5.74, 6) is -0.889. The van der Waals surface area contributed by atoms with Crippen molar-refractivity contribution in [3.63, 3.8) is 0 Å². The van der Waals surface area contributed by atoms with Gasteiger partial charge in [-0.2, -0.15) is 5.10 Å². The molecule has 2 saturated carbocycles. The zero-order valence-electron chi connectivity index (χ0n) is 19.1. The second kappa shape index (κ2) is 8.59. The first kappa shape index (κ1) is 22.1. The van der Waals surface area contributed by atoms with Gasteiger partial charge in [0.15, 0.2) is 0 Å². The Morgan fingerprint density at radius 3 is 2.56 bits per heavy atom. The maximum Gasteiger partial charge on any atom is 0.338 e. The average Bonchev–Trinajstić information content (AvgIpc) is 3.49. The van der Waals surface area contributed by atoms with Crippen molar-refractivity contribution < 1.29 is 23.5 Å². The third-order valence-corrected chi connectivity index (χ3v) is 6.92. The molecule has 0 aliphatic heterocycles. The summed E-state index contributed by atoms with van der Waals surface area (Å²) in [7, 11) is 2.79. The number of carbonyl (C=O) groups is 2. The van der Waals surface area contributed by atoms with E-state index in [4.69, 9.17) is 9.47 Å². The molecule has 2 fully saturated rings. The SMILES string of the molecule is COC(=O)c1cc(NC(=O)C2(c3ccc(OC)cc3F)CC2)ccc1-c1cnn(C2CCC2)c1. The molecular formula is C26H26FN3O4. The minimum Gasteiger partial charge on any atom is -0.497 e. The van der Waals surface area contributed by atoms with Gasteiger partial charge in [0.1, 0.15) is 11.6 Å². The highest BCUT2D eigenvalue weighted by atomic mass is 19.1. The van der Waals surface area contributed by atoms with Crippen LogP contribution in [0.5, 0.6) is 5.75 Å². The van der Waals surface area contributed by atoms with E-state index in [-0.39, 0.29) is 5.91 Å². The summed E-state index contributed by atoms with van der Waals surface area (Å²) in [6.45, 7) is 0. The van der Waals surface area contributed by atoms with Gasteiger partial charge in [-0.05, 0) is 55.9 Å². The fraction of sp³-hybridized carbons (Fsp3) is 0.346.